The summed E-state index contributed by atoms with van der Waals surface area (Å²) in [6.45, 7) is 6.88. The SMILES string of the molecule is CC(C)c1nc(C(=O)NCC2CCN(C)C2)n[nH]1. The lowest BCUT2D eigenvalue weighted by molar-refractivity contribution is 0.0937. The zero-order valence-corrected chi connectivity index (χ0v) is 11.2. The van der Waals surface area contributed by atoms with Gasteiger partial charge in [-0.1, -0.05) is 13.8 Å². The zero-order valence-electron chi connectivity index (χ0n) is 11.2. The maximum absolute atomic E-state index is 11.8. The lowest BCUT2D eigenvalue weighted by Crippen LogP contribution is -2.31. The molecule has 1 fully saturated rings. The van der Waals surface area contributed by atoms with Crippen molar-refractivity contribution >= 4 is 5.91 Å². The van der Waals surface area contributed by atoms with Crippen LogP contribution in [-0.2, 0) is 0 Å². The number of aromatic amines is 1. The molecule has 0 aromatic carbocycles. The second-order valence-electron chi connectivity index (χ2n) is 5.33. The summed E-state index contributed by atoms with van der Waals surface area (Å²) in [6, 6.07) is 0. The number of nitrogens with zero attached hydrogens (tertiary/aromatic N) is 3. The van der Waals surface area contributed by atoms with Crippen molar-refractivity contribution in [2.45, 2.75) is 26.2 Å². The number of carbonyl (C=O) groups is 1. The highest BCUT2D eigenvalue weighted by Gasteiger charge is 2.21. The number of nitrogens with one attached hydrogen (secondary N) is 2. The largest absolute Gasteiger partial charge is 0.349 e. The lowest BCUT2D eigenvalue weighted by Gasteiger charge is -2.10. The van der Waals surface area contributed by atoms with Crippen LogP contribution in [0.2, 0.25) is 0 Å². The molecule has 1 aromatic rings. The first kappa shape index (κ1) is 13.0. The summed E-state index contributed by atoms with van der Waals surface area (Å²) in [5.74, 6) is 1.60. The molecule has 2 N–H and O–H groups in total. The second-order valence-corrected chi connectivity index (χ2v) is 5.33. The predicted molar refractivity (Wildman–Crippen MR) is 68.4 cm³/mol. The Morgan fingerprint density at radius 1 is 1.61 bits per heavy atom. The maximum atomic E-state index is 11.8. The predicted octanol–water partition coefficient (Wildman–Crippen LogP) is 0.610. The van der Waals surface area contributed by atoms with Crippen LogP contribution in [0.4, 0.5) is 0 Å². The molecule has 0 bridgehead atoms. The van der Waals surface area contributed by atoms with Crippen molar-refractivity contribution in [3.05, 3.63) is 11.6 Å². The third-order valence-corrected chi connectivity index (χ3v) is 3.29. The van der Waals surface area contributed by atoms with E-state index in [0.717, 1.165) is 25.3 Å². The average Bonchev–Trinajstić information content (AvgIpc) is 2.94. The first-order valence-electron chi connectivity index (χ1n) is 6.45. The summed E-state index contributed by atoms with van der Waals surface area (Å²) < 4.78 is 0. The molecule has 18 heavy (non-hydrogen) atoms. The van der Waals surface area contributed by atoms with Crippen LogP contribution in [0.1, 0.15) is 42.6 Å². The van der Waals surface area contributed by atoms with Crippen molar-refractivity contribution in [3.63, 3.8) is 0 Å². The summed E-state index contributed by atoms with van der Waals surface area (Å²) >= 11 is 0. The van der Waals surface area contributed by atoms with Gasteiger partial charge in [-0.3, -0.25) is 9.89 Å². The minimum absolute atomic E-state index is 0.187. The van der Waals surface area contributed by atoms with E-state index in [0.29, 0.717) is 12.5 Å². The summed E-state index contributed by atoms with van der Waals surface area (Å²) in [7, 11) is 2.10. The Morgan fingerprint density at radius 3 is 2.94 bits per heavy atom. The van der Waals surface area contributed by atoms with Crippen LogP contribution in [0.3, 0.4) is 0 Å². The molecule has 1 unspecified atom stereocenters. The van der Waals surface area contributed by atoms with Gasteiger partial charge in [-0.05, 0) is 25.9 Å². The van der Waals surface area contributed by atoms with Gasteiger partial charge in [-0.25, -0.2) is 4.98 Å². The van der Waals surface area contributed by atoms with E-state index in [-0.39, 0.29) is 17.6 Å². The van der Waals surface area contributed by atoms with Gasteiger partial charge in [0.05, 0.1) is 0 Å². The zero-order chi connectivity index (χ0) is 13.1. The van der Waals surface area contributed by atoms with Crippen molar-refractivity contribution in [1.82, 2.24) is 25.4 Å². The Morgan fingerprint density at radius 2 is 2.39 bits per heavy atom. The van der Waals surface area contributed by atoms with Gasteiger partial charge < -0.3 is 10.2 Å². The molecule has 1 aliphatic heterocycles. The van der Waals surface area contributed by atoms with Crippen molar-refractivity contribution in [3.8, 4) is 0 Å². The van der Waals surface area contributed by atoms with Crippen molar-refractivity contribution in [2.75, 3.05) is 26.7 Å². The number of amides is 1. The quantitative estimate of drug-likeness (QED) is 0.822. The maximum Gasteiger partial charge on any atom is 0.290 e. The van der Waals surface area contributed by atoms with Gasteiger partial charge >= 0.3 is 0 Å². The van der Waals surface area contributed by atoms with Crippen molar-refractivity contribution in [1.29, 1.82) is 0 Å². The van der Waals surface area contributed by atoms with Crippen LogP contribution in [0.15, 0.2) is 0 Å². The van der Waals surface area contributed by atoms with E-state index < -0.39 is 0 Å². The third kappa shape index (κ3) is 3.07. The summed E-state index contributed by atoms with van der Waals surface area (Å²) in [6.07, 6.45) is 1.14. The molecule has 1 atom stereocenters. The highest BCUT2D eigenvalue weighted by Crippen LogP contribution is 2.13. The smallest absolute Gasteiger partial charge is 0.290 e. The van der Waals surface area contributed by atoms with E-state index in [1.807, 2.05) is 13.8 Å². The van der Waals surface area contributed by atoms with Gasteiger partial charge in [0.25, 0.3) is 5.91 Å². The minimum atomic E-state index is -0.187. The molecule has 1 aliphatic rings. The summed E-state index contributed by atoms with van der Waals surface area (Å²) in [5.41, 5.74) is 0. The van der Waals surface area contributed by atoms with Gasteiger partial charge in [0.2, 0.25) is 5.82 Å². The molecule has 0 spiro atoms. The first-order chi connectivity index (χ1) is 8.56. The fourth-order valence-electron chi connectivity index (χ4n) is 2.14. The monoisotopic (exact) mass is 251 g/mol. The number of H-pyrrole nitrogens is 1. The second kappa shape index (κ2) is 5.48. The molecule has 0 radical (unpaired) electrons. The number of rotatable bonds is 4. The number of hydrogen-bond donors (Lipinski definition) is 2. The molecule has 0 aliphatic carbocycles. The average molecular weight is 251 g/mol. The van der Waals surface area contributed by atoms with Gasteiger partial charge in [0.15, 0.2) is 0 Å². The lowest BCUT2D eigenvalue weighted by atomic mass is 10.1. The van der Waals surface area contributed by atoms with Crippen LogP contribution < -0.4 is 5.32 Å². The molecule has 2 rings (SSSR count). The Labute approximate surface area is 107 Å². The van der Waals surface area contributed by atoms with Gasteiger partial charge in [0, 0.05) is 19.0 Å². The van der Waals surface area contributed by atoms with Crippen molar-refractivity contribution in [2.24, 2.45) is 5.92 Å². The summed E-state index contributed by atoms with van der Waals surface area (Å²) in [5, 5.41) is 9.63. The molecular formula is C12H21N5O. The Bertz CT molecular complexity index is 414. The first-order valence-corrected chi connectivity index (χ1v) is 6.45. The topological polar surface area (TPSA) is 73.9 Å². The highest BCUT2D eigenvalue weighted by molar-refractivity contribution is 5.90. The van der Waals surface area contributed by atoms with Crippen LogP contribution >= 0.6 is 0 Å². The van der Waals surface area contributed by atoms with E-state index in [4.69, 9.17) is 0 Å². The van der Waals surface area contributed by atoms with E-state index >= 15 is 0 Å². The Balaban J connectivity index is 1.83. The highest BCUT2D eigenvalue weighted by atomic mass is 16.2. The molecular weight excluding hydrogens is 230 g/mol. The van der Waals surface area contributed by atoms with Crippen LogP contribution in [0, 0.1) is 5.92 Å². The summed E-state index contributed by atoms with van der Waals surface area (Å²) in [4.78, 5) is 18.3. The van der Waals surface area contributed by atoms with Crippen LogP contribution in [0.5, 0.6) is 0 Å². The normalized spacial score (nSPS) is 20.6. The molecule has 100 valence electrons. The number of likely N-dealkylation sites (tertiary alicyclic amines) is 1. The van der Waals surface area contributed by atoms with Crippen LogP contribution in [0.25, 0.3) is 0 Å². The van der Waals surface area contributed by atoms with Gasteiger partial charge in [-0.15, -0.1) is 5.10 Å². The molecule has 6 heteroatoms. The minimum Gasteiger partial charge on any atom is -0.349 e. The molecule has 1 aromatic heterocycles. The Hall–Kier alpha value is -1.43. The third-order valence-electron chi connectivity index (χ3n) is 3.29. The number of carbonyl (C=O) groups excluding carboxylic acids is 1. The fraction of sp³-hybridized carbons (Fsp3) is 0.750. The van der Waals surface area contributed by atoms with Gasteiger partial charge in [0.1, 0.15) is 5.82 Å². The number of hydrogen-bond acceptors (Lipinski definition) is 4. The molecule has 2 heterocycles. The molecule has 1 saturated heterocycles. The number of aromatic nitrogens is 3. The van der Waals surface area contributed by atoms with Crippen LogP contribution in [-0.4, -0.2) is 52.7 Å². The van der Waals surface area contributed by atoms with E-state index in [9.17, 15) is 4.79 Å². The standard InChI is InChI=1S/C12H21N5O/c1-8(2)10-14-11(16-15-10)12(18)13-6-9-4-5-17(3)7-9/h8-9H,4-7H2,1-3H3,(H,13,18)(H,14,15,16). The van der Waals surface area contributed by atoms with E-state index in [1.165, 1.54) is 0 Å². The van der Waals surface area contributed by atoms with Gasteiger partial charge in [-0.2, -0.15) is 0 Å². The molecule has 0 saturated carbocycles. The molecule has 1 amide bonds. The van der Waals surface area contributed by atoms with Crippen molar-refractivity contribution < 1.29 is 4.79 Å². The van der Waals surface area contributed by atoms with E-state index in [1.54, 1.807) is 0 Å². The van der Waals surface area contributed by atoms with E-state index in [2.05, 4.69) is 32.4 Å². The Kier molecular flexibility index (Phi) is 3.96. The fourth-order valence-corrected chi connectivity index (χ4v) is 2.14. The molecule has 6 nitrogen and oxygen atoms in total.